The summed E-state index contributed by atoms with van der Waals surface area (Å²) < 4.78 is 14.6. The minimum Gasteiger partial charge on any atom is -0.379 e. The van der Waals surface area contributed by atoms with Crippen LogP contribution in [-0.4, -0.2) is 14.8 Å². The quantitative estimate of drug-likeness (QED) is 0.795. The van der Waals surface area contributed by atoms with Crippen LogP contribution in [0.3, 0.4) is 0 Å². The average molecular weight is 282 g/mol. The van der Waals surface area contributed by atoms with E-state index in [4.69, 9.17) is 0 Å². The fourth-order valence-electron chi connectivity index (χ4n) is 2.14. The smallest absolute Gasteiger partial charge is 0.138 e. The molecule has 0 fully saturated rings. The molecule has 1 atom stereocenters. The Morgan fingerprint density at radius 1 is 1.05 bits per heavy atom. The second-order valence-electron chi connectivity index (χ2n) is 4.80. The average Bonchev–Trinajstić information content (AvgIpc) is 3.03. The molecule has 0 saturated carbocycles. The Balaban J connectivity index is 1.71. The molecular weight excluding hydrogens is 267 g/mol. The molecule has 0 spiro atoms. The van der Waals surface area contributed by atoms with Crippen LogP contribution >= 0.6 is 0 Å². The first-order chi connectivity index (χ1) is 10.2. The van der Waals surface area contributed by atoms with E-state index in [0.29, 0.717) is 0 Å². The van der Waals surface area contributed by atoms with E-state index in [-0.39, 0.29) is 11.9 Å². The fraction of sp³-hybridized carbons (Fsp3) is 0.125. The number of aromatic nitrogens is 3. The molecule has 21 heavy (non-hydrogen) atoms. The molecule has 0 aliphatic carbocycles. The molecule has 4 nitrogen and oxygen atoms in total. The van der Waals surface area contributed by atoms with Crippen molar-refractivity contribution in [1.29, 1.82) is 0 Å². The van der Waals surface area contributed by atoms with Crippen molar-refractivity contribution in [3.63, 3.8) is 0 Å². The van der Waals surface area contributed by atoms with E-state index in [1.54, 1.807) is 23.1 Å². The van der Waals surface area contributed by atoms with E-state index in [9.17, 15) is 4.39 Å². The summed E-state index contributed by atoms with van der Waals surface area (Å²) in [6, 6.07) is 14.5. The SMILES string of the molecule is CC(Nc1ccc(-n2cncn2)cc1)c1ccc(F)cc1. The van der Waals surface area contributed by atoms with Crippen LogP contribution < -0.4 is 5.32 Å². The highest BCUT2D eigenvalue weighted by Crippen LogP contribution is 2.20. The zero-order valence-corrected chi connectivity index (χ0v) is 11.6. The van der Waals surface area contributed by atoms with Gasteiger partial charge in [0.2, 0.25) is 0 Å². The van der Waals surface area contributed by atoms with Gasteiger partial charge in [0.1, 0.15) is 18.5 Å². The van der Waals surface area contributed by atoms with E-state index in [0.717, 1.165) is 16.9 Å². The minimum absolute atomic E-state index is 0.0998. The van der Waals surface area contributed by atoms with Crippen LogP contribution in [-0.2, 0) is 0 Å². The molecule has 0 amide bonds. The summed E-state index contributed by atoms with van der Waals surface area (Å²) in [6.45, 7) is 2.04. The lowest BCUT2D eigenvalue weighted by molar-refractivity contribution is 0.626. The lowest BCUT2D eigenvalue weighted by Gasteiger charge is -2.16. The van der Waals surface area contributed by atoms with Crippen LogP contribution in [0.1, 0.15) is 18.5 Å². The van der Waals surface area contributed by atoms with Crippen LogP contribution in [0.25, 0.3) is 5.69 Å². The van der Waals surface area contributed by atoms with Crippen molar-refractivity contribution in [3.8, 4) is 5.69 Å². The van der Waals surface area contributed by atoms with Gasteiger partial charge in [-0.05, 0) is 48.9 Å². The Morgan fingerprint density at radius 3 is 2.38 bits per heavy atom. The second kappa shape index (κ2) is 5.75. The Kier molecular flexibility index (Phi) is 3.64. The predicted molar refractivity (Wildman–Crippen MR) is 79.8 cm³/mol. The summed E-state index contributed by atoms with van der Waals surface area (Å²) in [5.74, 6) is -0.219. The number of anilines is 1. The second-order valence-corrected chi connectivity index (χ2v) is 4.80. The van der Waals surface area contributed by atoms with Gasteiger partial charge in [-0.15, -0.1) is 0 Å². The topological polar surface area (TPSA) is 42.7 Å². The largest absolute Gasteiger partial charge is 0.379 e. The van der Waals surface area contributed by atoms with Crippen molar-refractivity contribution in [3.05, 3.63) is 72.6 Å². The molecule has 2 aromatic carbocycles. The highest BCUT2D eigenvalue weighted by atomic mass is 19.1. The van der Waals surface area contributed by atoms with Gasteiger partial charge in [-0.2, -0.15) is 5.10 Å². The van der Waals surface area contributed by atoms with Crippen molar-refractivity contribution in [2.45, 2.75) is 13.0 Å². The van der Waals surface area contributed by atoms with Gasteiger partial charge < -0.3 is 5.32 Å². The number of benzene rings is 2. The summed E-state index contributed by atoms with van der Waals surface area (Å²) in [7, 11) is 0. The molecule has 0 aliphatic heterocycles. The molecule has 1 heterocycles. The van der Waals surface area contributed by atoms with Crippen LogP contribution in [0.4, 0.5) is 10.1 Å². The fourth-order valence-corrected chi connectivity index (χ4v) is 2.14. The molecule has 1 unspecified atom stereocenters. The third-order valence-electron chi connectivity index (χ3n) is 3.30. The maximum atomic E-state index is 12.9. The minimum atomic E-state index is -0.219. The Hall–Kier alpha value is -2.69. The van der Waals surface area contributed by atoms with Crippen LogP contribution in [0.2, 0.25) is 0 Å². The van der Waals surface area contributed by atoms with E-state index in [1.807, 2.05) is 31.2 Å². The maximum Gasteiger partial charge on any atom is 0.138 e. The van der Waals surface area contributed by atoms with Gasteiger partial charge in [0.25, 0.3) is 0 Å². The summed E-state index contributed by atoms with van der Waals surface area (Å²) in [6.07, 6.45) is 3.16. The van der Waals surface area contributed by atoms with Gasteiger partial charge in [0.15, 0.2) is 0 Å². The molecule has 1 aromatic heterocycles. The number of rotatable bonds is 4. The molecule has 106 valence electrons. The van der Waals surface area contributed by atoms with Gasteiger partial charge in [0.05, 0.1) is 5.69 Å². The normalized spacial score (nSPS) is 12.1. The van der Waals surface area contributed by atoms with E-state index in [1.165, 1.54) is 18.5 Å². The lowest BCUT2D eigenvalue weighted by atomic mass is 10.1. The summed E-state index contributed by atoms with van der Waals surface area (Å²) >= 11 is 0. The van der Waals surface area contributed by atoms with Crippen molar-refractivity contribution in [2.75, 3.05) is 5.32 Å². The highest BCUT2D eigenvalue weighted by Gasteiger charge is 2.05. The number of hydrogen-bond acceptors (Lipinski definition) is 3. The Morgan fingerprint density at radius 2 is 1.76 bits per heavy atom. The third kappa shape index (κ3) is 3.08. The first-order valence-electron chi connectivity index (χ1n) is 6.69. The van der Waals surface area contributed by atoms with Crippen molar-refractivity contribution < 1.29 is 4.39 Å². The number of hydrogen-bond donors (Lipinski definition) is 1. The van der Waals surface area contributed by atoms with Crippen LogP contribution in [0.15, 0.2) is 61.2 Å². The van der Waals surface area contributed by atoms with Gasteiger partial charge in [-0.25, -0.2) is 14.1 Å². The van der Waals surface area contributed by atoms with Crippen molar-refractivity contribution >= 4 is 5.69 Å². The standard InChI is InChI=1S/C16H15FN4/c1-12(13-2-4-14(17)5-3-13)20-15-6-8-16(9-7-15)21-11-18-10-19-21/h2-12,20H,1H3. The zero-order valence-electron chi connectivity index (χ0n) is 11.6. The third-order valence-corrected chi connectivity index (χ3v) is 3.30. The summed E-state index contributed by atoms with van der Waals surface area (Å²) in [4.78, 5) is 3.92. The Bertz CT molecular complexity index is 690. The summed E-state index contributed by atoms with van der Waals surface area (Å²) in [5.41, 5.74) is 2.99. The molecule has 3 aromatic rings. The van der Waals surface area contributed by atoms with Gasteiger partial charge in [-0.3, -0.25) is 0 Å². The predicted octanol–water partition coefficient (Wildman–Crippen LogP) is 3.58. The first kappa shape index (κ1) is 13.3. The van der Waals surface area contributed by atoms with E-state index in [2.05, 4.69) is 15.4 Å². The Labute approximate surface area is 122 Å². The number of nitrogens with one attached hydrogen (secondary N) is 1. The monoisotopic (exact) mass is 282 g/mol. The highest BCUT2D eigenvalue weighted by molar-refractivity contribution is 5.49. The van der Waals surface area contributed by atoms with Gasteiger partial charge in [-0.1, -0.05) is 12.1 Å². The number of nitrogens with zero attached hydrogens (tertiary/aromatic N) is 3. The zero-order chi connectivity index (χ0) is 14.7. The molecule has 0 bridgehead atoms. The molecule has 0 radical (unpaired) electrons. The number of halogens is 1. The van der Waals surface area contributed by atoms with Gasteiger partial charge in [0, 0.05) is 11.7 Å². The molecule has 0 aliphatic rings. The van der Waals surface area contributed by atoms with Crippen molar-refractivity contribution in [2.24, 2.45) is 0 Å². The van der Waals surface area contributed by atoms with Crippen LogP contribution in [0.5, 0.6) is 0 Å². The molecule has 5 heteroatoms. The molecule has 0 saturated heterocycles. The molecular formula is C16H15FN4. The maximum absolute atomic E-state index is 12.9. The van der Waals surface area contributed by atoms with Gasteiger partial charge >= 0.3 is 0 Å². The first-order valence-corrected chi connectivity index (χ1v) is 6.69. The molecule has 3 rings (SSSR count). The summed E-state index contributed by atoms with van der Waals surface area (Å²) in [5, 5.41) is 7.46. The lowest BCUT2D eigenvalue weighted by Crippen LogP contribution is -2.06. The van der Waals surface area contributed by atoms with E-state index >= 15 is 0 Å². The van der Waals surface area contributed by atoms with Crippen LogP contribution in [0, 0.1) is 5.82 Å². The molecule has 1 N–H and O–H groups in total. The van der Waals surface area contributed by atoms with Crippen molar-refractivity contribution in [1.82, 2.24) is 14.8 Å². The van der Waals surface area contributed by atoms with E-state index < -0.39 is 0 Å².